The summed E-state index contributed by atoms with van der Waals surface area (Å²) in [5.74, 6) is -1.42. The van der Waals surface area contributed by atoms with Crippen molar-refractivity contribution in [3.8, 4) is 0 Å². The second-order valence-corrected chi connectivity index (χ2v) is 9.92. The summed E-state index contributed by atoms with van der Waals surface area (Å²) in [5.41, 5.74) is 4.47. The van der Waals surface area contributed by atoms with Crippen LogP contribution in [0.25, 0.3) is 0 Å². The molecule has 4 aromatic rings. The molecule has 40 heavy (non-hydrogen) atoms. The van der Waals surface area contributed by atoms with E-state index in [0.717, 1.165) is 24.2 Å². The standard InChI is InChI=1S/C33H31F2N3O2/c34-28-14-10-25(11-15-28)23-38(31(39)19-21-37-20-18-26-8-4-5-9-30(26)37)32(27-12-16-29(35)17-13-27)33(40)36-22-24-6-2-1-3-7-24/h1-17,32H,18-23H2,(H,36,40)/t32-/m0/s1. The fourth-order valence-electron chi connectivity index (χ4n) is 5.12. The van der Waals surface area contributed by atoms with Crippen LogP contribution in [0.5, 0.6) is 0 Å². The molecule has 1 aliphatic rings. The molecule has 1 N–H and O–H groups in total. The molecule has 0 spiro atoms. The van der Waals surface area contributed by atoms with Gasteiger partial charge in [0.1, 0.15) is 17.7 Å². The lowest BCUT2D eigenvalue weighted by Crippen LogP contribution is -2.44. The van der Waals surface area contributed by atoms with Gasteiger partial charge in [-0.2, -0.15) is 0 Å². The molecule has 4 aromatic carbocycles. The molecule has 2 amide bonds. The van der Waals surface area contributed by atoms with Gasteiger partial charge in [-0.3, -0.25) is 9.59 Å². The molecule has 1 atom stereocenters. The number of nitrogens with one attached hydrogen (secondary N) is 1. The van der Waals surface area contributed by atoms with E-state index in [-0.39, 0.29) is 37.1 Å². The molecule has 0 fully saturated rings. The number of rotatable bonds is 10. The molecule has 0 bridgehead atoms. The highest BCUT2D eigenvalue weighted by Crippen LogP contribution is 2.29. The highest BCUT2D eigenvalue weighted by Gasteiger charge is 2.32. The maximum atomic E-state index is 13.9. The van der Waals surface area contributed by atoms with Crippen LogP contribution < -0.4 is 10.2 Å². The monoisotopic (exact) mass is 539 g/mol. The van der Waals surface area contributed by atoms with Crippen molar-refractivity contribution >= 4 is 17.5 Å². The topological polar surface area (TPSA) is 52.7 Å². The second-order valence-electron chi connectivity index (χ2n) is 9.92. The summed E-state index contributed by atoms with van der Waals surface area (Å²) in [7, 11) is 0. The summed E-state index contributed by atoms with van der Waals surface area (Å²) in [6.07, 6.45) is 1.10. The van der Waals surface area contributed by atoms with Gasteiger partial charge in [0, 0.05) is 38.3 Å². The number of carbonyl (C=O) groups excluding carboxylic acids is 2. The third kappa shape index (κ3) is 6.54. The smallest absolute Gasteiger partial charge is 0.247 e. The largest absolute Gasteiger partial charge is 0.370 e. The Hall–Kier alpha value is -4.52. The lowest BCUT2D eigenvalue weighted by atomic mass is 10.0. The fraction of sp³-hybridized carbons (Fsp3) is 0.212. The van der Waals surface area contributed by atoms with Crippen molar-refractivity contribution in [2.24, 2.45) is 0 Å². The molecule has 0 aliphatic carbocycles. The van der Waals surface area contributed by atoms with Gasteiger partial charge in [0.2, 0.25) is 11.8 Å². The predicted molar refractivity (Wildman–Crippen MR) is 151 cm³/mol. The summed E-state index contributed by atoms with van der Waals surface area (Å²) >= 11 is 0. The van der Waals surface area contributed by atoms with Crippen molar-refractivity contribution in [2.45, 2.75) is 32.0 Å². The van der Waals surface area contributed by atoms with Gasteiger partial charge in [-0.15, -0.1) is 0 Å². The summed E-state index contributed by atoms with van der Waals surface area (Å²) in [6, 6.07) is 28.2. The van der Waals surface area contributed by atoms with Gasteiger partial charge < -0.3 is 15.1 Å². The molecule has 0 aromatic heterocycles. The zero-order chi connectivity index (χ0) is 27.9. The van der Waals surface area contributed by atoms with Crippen molar-refractivity contribution < 1.29 is 18.4 Å². The number of amides is 2. The predicted octanol–water partition coefficient (Wildman–Crippen LogP) is 5.80. The molecule has 0 unspecified atom stereocenters. The van der Waals surface area contributed by atoms with Crippen molar-refractivity contribution in [3.05, 3.63) is 137 Å². The number of para-hydroxylation sites is 1. The highest BCUT2D eigenvalue weighted by molar-refractivity contribution is 5.89. The van der Waals surface area contributed by atoms with Gasteiger partial charge in [-0.1, -0.05) is 72.8 Å². The molecule has 5 rings (SSSR count). The Kier molecular flexibility index (Phi) is 8.50. The average Bonchev–Trinajstić information content (AvgIpc) is 3.40. The number of halogens is 2. The summed E-state index contributed by atoms with van der Waals surface area (Å²) < 4.78 is 27.5. The molecule has 1 heterocycles. The van der Waals surface area contributed by atoms with Crippen LogP contribution in [0.4, 0.5) is 14.5 Å². The van der Waals surface area contributed by atoms with Crippen LogP contribution in [-0.2, 0) is 29.1 Å². The number of carbonyl (C=O) groups is 2. The SMILES string of the molecule is O=C(NCc1ccccc1)[C@H](c1ccc(F)cc1)N(Cc1ccc(F)cc1)C(=O)CCN1CCc2ccccc21. The Morgan fingerprint density at radius 1 is 0.800 bits per heavy atom. The van der Waals surface area contributed by atoms with Crippen LogP contribution >= 0.6 is 0 Å². The quantitative estimate of drug-likeness (QED) is 0.277. The number of nitrogens with zero attached hydrogens (tertiary/aromatic N) is 2. The normalized spacial score (nSPS) is 13.0. The lowest BCUT2D eigenvalue weighted by molar-refractivity contribution is -0.141. The Labute approximate surface area is 233 Å². The van der Waals surface area contributed by atoms with E-state index in [4.69, 9.17) is 0 Å². The molecule has 0 radical (unpaired) electrons. The minimum Gasteiger partial charge on any atom is -0.370 e. The van der Waals surface area contributed by atoms with E-state index >= 15 is 0 Å². The first-order chi connectivity index (χ1) is 19.5. The van der Waals surface area contributed by atoms with E-state index in [2.05, 4.69) is 22.3 Å². The molecule has 5 nitrogen and oxygen atoms in total. The van der Waals surface area contributed by atoms with E-state index in [1.54, 1.807) is 12.1 Å². The molecule has 7 heteroatoms. The minimum absolute atomic E-state index is 0.0938. The van der Waals surface area contributed by atoms with E-state index < -0.39 is 11.9 Å². The Balaban J connectivity index is 1.42. The van der Waals surface area contributed by atoms with E-state index in [1.165, 1.54) is 46.9 Å². The fourth-order valence-corrected chi connectivity index (χ4v) is 5.12. The molecule has 204 valence electrons. The van der Waals surface area contributed by atoms with Crippen LogP contribution in [0.15, 0.2) is 103 Å². The second kappa shape index (κ2) is 12.6. The van der Waals surface area contributed by atoms with Crippen LogP contribution in [0, 0.1) is 11.6 Å². The number of anilines is 1. The van der Waals surface area contributed by atoms with E-state index in [1.807, 2.05) is 42.5 Å². The molecular formula is C33H31F2N3O2. The van der Waals surface area contributed by atoms with Gasteiger partial charge in [0.15, 0.2) is 0 Å². The number of hydrogen-bond donors (Lipinski definition) is 1. The Morgan fingerprint density at radius 3 is 2.17 bits per heavy atom. The minimum atomic E-state index is -1.01. The van der Waals surface area contributed by atoms with Crippen molar-refractivity contribution in [1.29, 1.82) is 0 Å². The molecular weight excluding hydrogens is 508 g/mol. The number of hydrogen-bond acceptors (Lipinski definition) is 3. The van der Waals surface area contributed by atoms with Gasteiger partial charge in [-0.05, 0) is 59.0 Å². The summed E-state index contributed by atoms with van der Waals surface area (Å²) in [4.78, 5) is 31.4. The zero-order valence-corrected chi connectivity index (χ0v) is 22.1. The van der Waals surface area contributed by atoms with Gasteiger partial charge in [-0.25, -0.2) is 8.78 Å². The van der Waals surface area contributed by atoms with Crippen molar-refractivity contribution in [3.63, 3.8) is 0 Å². The number of benzene rings is 4. The third-order valence-electron chi connectivity index (χ3n) is 7.22. The van der Waals surface area contributed by atoms with Crippen LogP contribution in [0.2, 0.25) is 0 Å². The maximum Gasteiger partial charge on any atom is 0.247 e. The van der Waals surface area contributed by atoms with Gasteiger partial charge in [0.25, 0.3) is 0 Å². The Morgan fingerprint density at radius 2 is 1.45 bits per heavy atom. The van der Waals surface area contributed by atoms with Gasteiger partial charge >= 0.3 is 0 Å². The van der Waals surface area contributed by atoms with Crippen molar-refractivity contribution in [1.82, 2.24) is 10.2 Å². The first-order valence-electron chi connectivity index (χ1n) is 13.4. The van der Waals surface area contributed by atoms with E-state index in [0.29, 0.717) is 17.7 Å². The lowest BCUT2D eigenvalue weighted by Gasteiger charge is -2.32. The molecule has 0 saturated heterocycles. The zero-order valence-electron chi connectivity index (χ0n) is 22.1. The average molecular weight is 540 g/mol. The van der Waals surface area contributed by atoms with Crippen LogP contribution in [-0.4, -0.2) is 29.8 Å². The maximum absolute atomic E-state index is 13.9. The molecule has 0 saturated carbocycles. The first kappa shape index (κ1) is 27.1. The summed E-state index contributed by atoms with van der Waals surface area (Å²) in [6.45, 7) is 1.69. The first-order valence-corrected chi connectivity index (χ1v) is 13.4. The molecule has 1 aliphatic heterocycles. The number of fused-ring (bicyclic) bond motifs is 1. The summed E-state index contributed by atoms with van der Waals surface area (Å²) in [5, 5.41) is 2.96. The third-order valence-corrected chi connectivity index (χ3v) is 7.22. The van der Waals surface area contributed by atoms with Crippen LogP contribution in [0.3, 0.4) is 0 Å². The van der Waals surface area contributed by atoms with Gasteiger partial charge in [0.05, 0.1) is 0 Å². The van der Waals surface area contributed by atoms with Crippen LogP contribution in [0.1, 0.15) is 34.7 Å². The Bertz CT molecular complexity index is 1440. The van der Waals surface area contributed by atoms with Crippen molar-refractivity contribution in [2.75, 3.05) is 18.0 Å². The highest BCUT2D eigenvalue weighted by atomic mass is 19.1. The van der Waals surface area contributed by atoms with E-state index in [9.17, 15) is 18.4 Å².